The van der Waals surface area contributed by atoms with Gasteiger partial charge in [-0.25, -0.2) is 20.4 Å². The smallest absolute Gasteiger partial charge is 0.416 e. The van der Waals surface area contributed by atoms with Crippen LogP contribution >= 0.6 is 0 Å². The molecule has 0 aromatic rings. The van der Waals surface area contributed by atoms with Gasteiger partial charge in [-0.05, 0) is 0 Å². The van der Waals surface area contributed by atoms with Crippen LogP contribution in [0.1, 0.15) is 0 Å². The molecule has 2 heterocycles. The number of rotatable bonds is 2. The summed E-state index contributed by atoms with van der Waals surface area (Å²) in [5.41, 5.74) is 3.93. The highest BCUT2D eigenvalue weighted by Gasteiger charge is 2.29. The van der Waals surface area contributed by atoms with E-state index in [9.17, 15) is 9.59 Å². The summed E-state index contributed by atoms with van der Waals surface area (Å²) in [4.78, 5) is 21.6. The first-order valence-corrected chi connectivity index (χ1v) is 3.90. The maximum atomic E-state index is 10.8. The van der Waals surface area contributed by atoms with Crippen LogP contribution in [0.25, 0.3) is 0 Å². The van der Waals surface area contributed by atoms with Gasteiger partial charge in [0, 0.05) is 0 Å². The SMILES string of the molecule is O=C(NNC(=O)OC1CO1)OC1CO1. The third kappa shape index (κ3) is 3.07. The molecule has 2 N–H and O–H groups in total. The monoisotopic (exact) mass is 204 g/mol. The van der Waals surface area contributed by atoms with E-state index >= 15 is 0 Å². The lowest BCUT2D eigenvalue weighted by Gasteiger charge is -2.05. The summed E-state index contributed by atoms with van der Waals surface area (Å²) in [6.45, 7) is 0.765. The zero-order valence-corrected chi connectivity index (χ0v) is 7.02. The summed E-state index contributed by atoms with van der Waals surface area (Å²) >= 11 is 0. The molecule has 0 aromatic carbocycles. The highest BCUT2D eigenvalue weighted by molar-refractivity contribution is 5.73. The standard InChI is InChI=1S/C6H8N2O6/c9-5(13-3-1-11-3)7-8-6(10)14-4-2-12-4/h3-4H,1-2H2,(H,7,9)(H,8,10). The number of carbonyl (C=O) groups excluding carboxylic acids is 2. The molecule has 2 amide bonds. The fraction of sp³-hybridized carbons (Fsp3) is 0.667. The van der Waals surface area contributed by atoms with Crippen LogP contribution in [0.3, 0.4) is 0 Å². The second kappa shape index (κ2) is 3.68. The lowest BCUT2D eigenvalue weighted by atomic mass is 10.9. The molecule has 8 nitrogen and oxygen atoms in total. The molecule has 0 aliphatic carbocycles. The van der Waals surface area contributed by atoms with E-state index in [1.165, 1.54) is 0 Å². The topological polar surface area (TPSA) is 102 Å². The molecule has 2 atom stereocenters. The third-order valence-electron chi connectivity index (χ3n) is 1.35. The molecular formula is C6H8N2O6. The molecule has 2 saturated heterocycles. The van der Waals surface area contributed by atoms with E-state index in [4.69, 9.17) is 0 Å². The van der Waals surface area contributed by atoms with E-state index in [0.717, 1.165) is 0 Å². The predicted molar refractivity (Wildman–Crippen MR) is 38.7 cm³/mol. The Kier molecular flexibility index (Phi) is 2.37. The fourth-order valence-corrected chi connectivity index (χ4v) is 0.614. The van der Waals surface area contributed by atoms with Gasteiger partial charge in [0.05, 0.1) is 0 Å². The molecule has 78 valence electrons. The van der Waals surface area contributed by atoms with Crippen LogP contribution in [0.15, 0.2) is 0 Å². The largest absolute Gasteiger partial charge is 0.428 e. The van der Waals surface area contributed by atoms with Crippen molar-refractivity contribution < 1.29 is 28.5 Å². The molecule has 2 rings (SSSR count). The number of carbonyl (C=O) groups is 2. The lowest BCUT2D eigenvalue weighted by molar-refractivity contribution is 0.0747. The van der Waals surface area contributed by atoms with Crippen LogP contribution in [0.5, 0.6) is 0 Å². The molecule has 0 aromatic heterocycles. The van der Waals surface area contributed by atoms with Crippen LogP contribution in [-0.2, 0) is 18.9 Å². The summed E-state index contributed by atoms with van der Waals surface area (Å²) in [5.74, 6) is 0. The minimum absolute atomic E-state index is 0.383. The van der Waals surface area contributed by atoms with Gasteiger partial charge < -0.3 is 18.9 Å². The second-order valence-corrected chi connectivity index (χ2v) is 2.59. The Bertz CT molecular complexity index is 223. The summed E-state index contributed by atoms with van der Waals surface area (Å²) in [6.07, 6.45) is -2.61. The summed E-state index contributed by atoms with van der Waals surface area (Å²) in [6, 6.07) is 0. The summed E-state index contributed by atoms with van der Waals surface area (Å²) in [7, 11) is 0. The van der Waals surface area contributed by atoms with Gasteiger partial charge in [0.15, 0.2) is 0 Å². The first-order valence-electron chi connectivity index (χ1n) is 3.90. The highest BCUT2D eigenvalue weighted by atomic mass is 16.8. The normalized spacial score (nSPS) is 27.4. The van der Waals surface area contributed by atoms with E-state index in [0.29, 0.717) is 13.2 Å². The molecular weight excluding hydrogens is 196 g/mol. The Morgan fingerprint density at radius 3 is 1.64 bits per heavy atom. The molecule has 2 unspecified atom stereocenters. The molecule has 14 heavy (non-hydrogen) atoms. The minimum Gasteiger partial charge on any atom is -0.416 e. The van der Waals surface area contributed by atoms with Crippen LogP contribution in [0.4, 0.5) is 9.59 Å². The molecule has 2 aliphatic rings. The van der Waals surface area contributed by atoms with Crippen molar-refractivity contribution in [2.75, 3.05) is 13.2 Å². The van der Waals surface area contributed by atoms with Crippen molar-refractivity contribution in [3.8, 4) is 0 Å². The van der Waals surface area contributed by atoms with Gasteiger partial charge in [-0.15, -0.1) is 0 Å². The van der Waals surface area contributed by atoms with Crippen LogP contribution in [0, 0.1) is 0 Å². The maximum Gasteiger partial charge on any atom is 0.428 e. The van der Waals surface area contributed by atoms with Crippen molar-refractivity contribution in [3.63, 3.8) is 0 Å². The maximum absolute atomic E-state index is 10.8. The molecule has 8 heteroatoms. The average molecular weight is 204 g/mol. The number of hydrazine groups is 1. The zero-order valence-electron chi connectivity index (χ0n) is 7.02. The molecule has 0 radical (unpaired) electrons. The molecule has 0 saturated carbocycles. The number of hydrogen-bond donors (Lipinski definition) is 2. The Morgan fingerprint density at radius 2 is 1.36 bits per heavy atom. The number of epoxide rings is 2. The number of ether oxygens (including phenoxy) is 4. The predicted octanol–water partition coefficient (Wildman–Crippen LogP) is -0.934. The van der Waals surface area contributed by atoms with E-state index < -0.39 is 24.8 Å². The first-order chi connectivity index (χ1) is 6.74. The van der Waals surface area contributed by atoms with Gasteiger partial charge in [0.1, 0.15) is 13.2 Å². The van der Waals surface area contributed by atoms with Crippen LogP contribution in [-0.4, -0.2) is 38.0 Å². The third-order valence-corrected chi connectivity index (χ3v) is 1.35. The van der Waals surface area contributed by atoms with Crippen molar-refractivity contribution in [2.24, 2.45) is 0 Å². The van der Waals surface area contributed by atoms with Gasteiger partial charge in [-0.1, -0.05) is 0 Å². The van der Waals surface area contributed by atoms with Gasteiger partial charge >= 0.3 is 12.2 Å². The summed E-state index contributed by atoms with van der Waals surface area (Å²) in [5, 5.41) is 0. The Labute approximate surface area is 78.4 Å². The lowest BCUT2D eigenvalue weighted by Crippen LogP contribution is -2.42. The fourth-order valence-electron chi connectivity index (χ4n) is 0.614. The number of nitrogens with one attached hydrogen (secondary N) is 2. The van der Waals surface area contributed by atoms with Crippen molar-refractivity contribution in [2.45, 2.75) is 12.6 Å². The van der Waals surface area contributed by atoms with Crippen molar-refractivity contribution in [1.82, 2.24) is 10.9 Å². The van der Waals surface area contributed by atoms with E-state index in [1.807, 2.05) is 10.9 Å². The minimum atomic E-state index is -0.804. The average Bonchev–Trinajstić information content (AvgIpc) is 2.96. The Morgan fingerprint density at radius 1 is 1.00 bits per heavy atom. The number of hydrogen-bond acceptors (Lipinski definition) is 6. The van der Waals surface area contributed by atoms with E-state index in [1.54, 1.807) is 0 Å². The Hall–Kier alpha value is -1.54. The van der Waals surface area contributed by atoms with E-state index in [2.05, 4.69) is 18.9 Å². The second-order valence-electron chi connectivity index (χ2n) is 2.59. The molecule has 0 spiro atoms. The summed E-state index contributed by atoms with van der Waals surface area (Å²) < 4.78 is 18.3. The first kappa shape index (κ1) is 9.03. The van der Waals surface area contributed by atoms with Gasteiger partial charge in [0.25, 0.3) is 0 Å². The molecule has 2 aliphatic heterocycles. The van der Waals surface area contributed by atoms with Gasteiger partial charge in [0.2, 0.25) is 12.6 Å². The van der Waals surface area contributed by atoms with Gasteiger partial charge in [-0.3, -0.25) is 0 Å². The van der Waals surface area contributed by atoms with Crippen LogP contribution in [0.2, 0.25) is 0 Å². The van der Waals surface area contributed by atoms with Gasteiger partial charge in [-0.2, -0.15) is 0 Å². The Balaban J connectivity index is 1.55. The van der Waals surface area contributed by atoms with E-state index in [-0.39, 0.29) is 0 Å². The quantitative estimate of drug-likeness (QED) is 0.445. The van der Waals surface area contributed by atoms with Crippen molar-refractivity contribution in [1.29, 1.82) is 0 Å². The number of amides is 2. The van der Waals surface area contributed by atoms with Crippen molar-refractivity contribution in [3.05, 3.63) is 0 Å². The molecule has 2 fully saturated rings. The molecule has 0 bridgehead atoms. The van der Waals surface area contributed by atoms with Crippen LogP contribution < -0.4 is 10.9 Å². The highest BCUT2D eigenvalue weighted by Crippen LogP contribution is 2.10. The zero-order chi connectivity index (χ0) is 9.97. The van der Waals surface area contributed by atoms with Crippen molar-refractivity contribution >= 4 is 12.2 Å².